The van der Waals surface area contributed by atoms with Crippen LogP contribution in [0.4, 0.5) is 11.5 Å². The maximum absolute atomic E-state index is 10.9. The van der Waals surface area contributed by atoms with Crippen LogP contribution in [0.3, 0.4) is 0 Å². The van der Waals surface area contributed by atoms with Gasteiger partial charge in [-0.15, -0.1) is 0 Å². The van der Waals surface area contributed by atoms with Gasteiger partial charge >= 0.3 is 5.97 Å². The molecule has 5 heteroatoms. The number of aromatic nitrogens is 1. The summed E-state index contributed by atoms with van der Waals surface area (Å²) in [6.45, 7) is 6.04. The van der Waals surface area contributed by atoms with Crippen molar-refractivity contribution >= 4 is 28.2 Å². The first kappa shape index (κ1) is 15.1. The number of pyridine rings is 1. The Hall–Kier alpha value is -2.30. The molecule has 5 nitrogen and oxygen atoms in total. The van der Waals surface area contributed by atoms with Gasteiger partial charge in [0, 0.05) is 42.8 Å². The highest BCUT2D eigenvalue weighted by Gasteiger charge is 2.13. The van der Waals surface area contributed by atoms with Crippen molar-refractivity contribution in [1.82, 2.24) is 4.98 Å². The molecule has 0 saturated heterocycles. The van der Waals surface area contributed by atoms with Crippen molar-refractivity contribution in [2.75, 3.05) is 36.5 Å². The summed E-state index contributed by atoms with van der Waals surface area (Å²) in [4.78, 5) is 19.2. The van der Waals surface area contributed by atoms with Crippen LogP contribution in [0.25, 0.3) is 10.8 Å². The number of nitrogens with zero attached hydrogens (tertiary/aromatic N) is 3. The lowest BCUT2D eigenvalue weighted by Crippen LogP contribution is -2.26. The fourth-order valence-electron chi connectivity index (χ4n) is 2.60. The normalized spacial score (nSPS) is 10.6. The Labute approximate surface area is 124 Å². The van der Waals surface area contributed by atoms with Crippen LogP contribution in [0.1, 0.15) is 13.8 Å². The number of hydrogen-bond donors (Lipinski definition) is 1. The van der Waals surface area contributed by atoms with E-state index in [4.69, 9.17) is 5.11 Å². The zero-order valence-electron chi connectivity index (χ0n) is 12.7. The molecule has 2 aromatic rings. The van der Waals surface area contributed by atoms with Crippen LogP contribution in [-0.2, 0) is 4.79 Å². The van der Waals surface area contributed by atoms with Gasteiger partial charge < -0.3 is 14.9 Å². The van der Waals surface area contributed by atoms with Crippen LogP contribution < -0.4 is 9.80 Å². The Kier molecular flexibility index (Phi) is 4.62. The second kappa shape index (κ2) is 6.43. The third kappa shape index (κ3) is 3.07. The molecule has 1 N–H and O–H groups in total. The van der Waals surface area contributed by atoms with E-state index in [1.807, 2.05) is 18.2 Å². The van der Waals surface area contributed by atoms with Crippen LogP contribution in [0.15, 0.2) is 30.5 Å². The van der Waals surface area contributed by atoms with Crippen molar-refractivity contribution in [3.8, 4) is 0 Å². The SMILES string of the molecule is CCN(CC)c1cccc2c(N(C)CC(=O)O)nccc12. The number of carboxylic acids is 1. The van der Waals surface area contributed by atoms with Crippen LogP contribution >= 0.6 is 0 Å². The fourth-order valence-corrected chi connectivity index (χ4v) is 2.60. The number of rotatable bonds is 6. The van der Waals surface area contributed by atoms with Crippen molar-refractivity contribution in [1.29, 1.82) is 0 Å². The van der Waals surface area contributed by atoms with E-state index in [0.29, 0.717) is 5.82 Å². The third-order valence-corrected chi connectivity index (χ3v) is 3.60. The van der Waals surface area contributed by atoms with Crippen LogP contribution in [-0.4, -0.2) is 42.7 Å². The maximum atomic E-state index is 10.9. The molecule has 112 valence electrons. The lowest BCUT2D eigenvalue weighted by Gasteiger charge is -2.24. The summed E-state index contributed by atoms with van der Waals surface area (Å²) in [6, 6.07) is 8.07. The number of likely N-dealkylation sites (N-methyl/N-ethyl adjacent to an activating group) is 1. The van der Waals surface area contributed by atoms with Gasteiger partial charge in [-0.25, -0.2) is 4.98 Å². The van der Waals surface area contributed by atoms with Crippen LogP contribution in [0.5, 0.6) is 0 Å². The highest BCUT2D eigenvalue weighted by molar-refractivity contribution is 6.00. The average Bonchev–Trinajstić information content (AvgIpc) is 2.47. The van der Waals surface area contributed by atoms with Gasteiger partial charge in [-0.05, 0) is 26.0 Å². The van der Waals surface area contributed by atoms with Crippen molar-refractivity contribution in [3.05, 3.63) is 30.5 Å². The number of benzene rings is 1. The Balaban J connectivity index is 2.56. The number of hydrogen-bond acceptors (Lipinski definition) is 4. The summed E-state index contributed by atoms with van der Waals surface area (Å²) in [5, 5.41) is 11.0. The molecule has 0 aliphatic heterocycles. The molecule has 0 bridgehead atoms. The van der Waals surface area contributed by atoms with E-state index in [0.717, 1.165) is 29.5 Å². The Morgan fingerprint density at radius 3 is 2.52 bits per heavy atom. The largest absolute Gasteiger partial charge is 0.480 e. The van der Waals surface area contributed by atoms with E-state index in [1.54, 1.807) is 18.1 Å². The standard InChI is InChI=1S/C16H21N3O2/c1-4-19(5-2)14-8-6-7-13-12(14)9-10-17-16(13)18(3)11-15(20)21/h6-10H,4-5,11H2,1-3H3,(H,20,21). The first-order chi connectivity index (χ1) is 10.1. The van der Waals surface area contributed by atoms with Crippen molar-refractivity contribution in [3.63, 3.8) is 0 Å². The van der Waals surface area contributed by atoms with Crippen LogP contribution in [0.2, 0.25) is 0 Å². The van der Waals surface area contributed by atoms with Gasteiger partial charge in [0.15, 0.2) is 0 Å². The quantitative estimate of drug-likeness (QED) is 0.885. The minimum atomic E-state index is -0.865. The number of aliphatic carboxylic acids is 1. The first-order valence-corrected chi connectivity index (χ1v) is 7.14. The molecule has 0 saturated carbocycles. The van der Waals surface area contributed by atoms with Gasteiger partial charge in [0.2, 0.25) is 0 Å². The minimum Gasteiger partial charge on any atom is -0.480 e. The average molecular weight is 287 g/mol. The molecule has 1 aromatic carbocycles. The molecule has 0 spiro atoms. The Morgan fingerprint density at radius 2 is 1.90 bits per heavy atom. The van der Waals surface area contributed by atoms with Gasteiger partial charge in [0.1, 0.15) is 12.4 Å². The van der Waals surface area contributed by atoms with Crippen LogP contribution in [0, 0.1) is 0 Å². The lowest BCUT2D eigenvalue weighted by molar-refractivity contribution is -0.135. The van der Waals surface area contributed by atoms with E-state index < -0.39 is 5.97 Å². The summed E-state index contributed by atoms with van der Waals surface area (Å²) >= 11 is 0. The molecule has 0 unspecified atom stereocenters. The number of fused-ring (bicyclic) bond motifs is 1. The monoisotopic (exact) mass is 287 g/mol. The van der Waals surface area contributed by atoms with Gasteiger partial charge in [-0.2, -0.15) is 0 Å². The molecule has 1 heterocycles. The lowest BCUT2D eigenvalue weighted by atomic mass is 10.1. The molecule has 0 atom stereocenters. The third-order valence-electron chi connectivity index (χ3n) is 3.60. The molecule has 0 fully saturated rings. The summed E-state index contributed by atoms with van der Waals surface area (Å²) in [5.41, 5.74) is 1.16. The van der Waals surface area contributed by atoms with E-state index in [2.05, 4.69) is 29.8 Å². The first-order valence-electron chi connectivity index (χ1n) is 7.14. The molecular formula is C16H21N3O2. The topological polar surface area (TPSA) is 56.7 Å². The molecule has 21 heavy (non-hydrogen) atoms. The zero-order valence-corrected chi connectivity index (χ0v) is 12.7. The number of carboxylic acid groups (broad SMARTS) is 1. The van der Waals surface area contributed by atoms with Gasteiger partial charge in [-0.1, -0.05) is 12.1 Å². The Bertz CT molecular complexity index is 638. The second-order valence-electron chi connectivity index (χ2n) is 4.93. The van der Waals surface area contributed by atoms with Gasteiger partial charge in [-0.3, -0.25) is 4.79 Å². The molecular weight excluding hydrogens is 266 g/mol. The van der Waals surface area contributed by atoms with E-state index in [9.17, 15) is 4.79 Å². The van der Waals surface area contributed by atoms with Crippen molar-refractivity contribution < 1.29 is 9.90 Å². The summed E-state index contributed by atoms with van der Waals surface area (Å²) < 4.78 is 0. The Morgan fingerprint density at radius 1 is 1.19 bits per heavy atom. The molecule has 0 radical (unpaired) electrons. The van der Waals surface area contributed by atoms with Gasteiger partial charge in [0.05, 0.1) is 0 Å². The highest BCUT2D eigenvalue weighted by atomic mass is 16.4. The smallest absolute Gasteiger partial charge is 0.323 e. The summed E-state index contributed by atoms with van der Waals surface area (Å²) in [7, 11) is 1.75. The molecule has 0 aliphatic rings. The molecule has 0 aliphatic carbocycles. The maximum Gasteiger partial charge on any atom is 0.323 e. The van der Waals surface area contributed by atoms with Crippen molar-refractivity contribution in [2.24, 2.45) is 0 Å². The number of carbonyl (C=O) groups is 1. The number of anilines is 2. The second-order valence-corrected chi connectivity index (χ2v) is 4.93. The van der Waals surface area contributed by atoms with E-state index in [-0.39, 0.29) is 6.54 Å². The zero-order chi connectivity index (χ0) is 15.4. The predicted octanol–water partition coefficient (Wildman–Crippen LogP) is 2.60. The fraction of sp³-hybridized carbons (Fsp3) is 0.375. The van der Waals surface area contributed by atoms with E-state index in [1.165, 1.54) is 0 Å². The predicted molar refractivity (Wildman–Crippen MR) is 86.2 cm³/mol. The summed E-state index contributed by atoms with van der Waals surface area (Å²) in [5.74, 6) is -0.167. The highest BCUT2D eigenvalue weighted by Crippen LogP contribution is 2.31. The molecule has 2 rings (SSSR count). The van der Waals surface area contributed by atoms with Crippen molar-refractivity contribution in [2.45, 2.75) is 13.8 Å². The molecule has 0 amide bonds. The molecule has 1 aromatic heterocycles. The van der Waals surface area contributed by atoms with E-state index >= 15 is 0 Å². The summed E-state index contributed by atoms with van der Waals surface area (Å²) in [6.07, 6.45) is 1.74. The van der Waals surface area contributed by atoms with Gasteiger partial charge in [0.25, 0.3) is 0 Å². The minimum absolute atomic E-state index is 0.0678.